The van der Waals surface area contributed by atoms with E-state index in [1.165, 1.54) is 6.42 Å². The molecule has 2 aliphatic heterocycles. The molecule has 2 fully saturated rings. The molecule has 80 valence electrons. The van der Waals surface area contributed by atoms with Crippen molar-refractivity contribution in [2.45, 2.75) is 37.8 Å². The van der Waals surface area contributed by atoms with Crippen LogP contribution in [0.5, 0.6) is 0 Å². The first-order chi connectivity index (χ1) is 6.83. The number of carbonyl (C=O) groups excluding carboxylic acids is 1. The predicted molar refractivity (Wildman–Crippen MR) is 56.5 cm³/mol. The van der Waals surface area contributed by atoms with Gasteiger partial charge in [-0.2, -0.15) is 0 Å². The number of rotatable bonds is 2. The first-order valence-electron chi connectivity index (χ1n) is 5.42. The second-order valence-electron chi connectivity index (χ2n) is 4.08. The van der Waals surface area contributed by atoms with Crippen molar-refractivity contribution >= 4 is 17.5 Å². The Morgan fingerprint density at radius 3 is 3.14 bits per heavy atom. The van der Waals surface area contributed by atoms with E-state index in [0.717, 1.165) is 25.9 Å². The van der Waals surface area contributed by atoms with E-state index in [2.05, 4.69) is 5.32 Å². The summed E-state index contributed by atoms with van der Waals surface area (Å²) in [6, 6.07) is 0.988. The molecule has 2 atom stereocenters. The number of alkyl halides is 1. The molecule has 2 unspecified atom stereocenters. The normalized spacial score (nSPS) is 31.6. The molecule has 1 N–H and O–H groups in total. The summed E-state index contributed by atoms with van der Waals surface area (Å²) in [4.78, 5) is 13.7. The van der Waals surface area contributed by atoms with Gasteiger partial charge < -0.3 is 10.2 Å². The third-order valence-electron chi connectivity index (χ3n) is 3.26. The molecule has 14 heavy (non-hydrogen) atoms. The van der Waals surface area contributed by atoms with Gasteiger partial charge in [0.1, 0.15) is 0 Å². The zero-order valence-electron chi connectivity index (χ0n) is 8.34. The maximum absolute atomic E-state index is 11.7. The molecular formula is C10H17ClN2O. The van der Waals surface area contributed by atoms with Crippen molar-refractivity contribution in [3.05, 3.63) is 0 Å². The number of carbonyl (C=O) groups is 1. The van der Waals surface area contributed by atoms with Crippen molar-refractivity contribution < 1.29 is 4.79 Å². The summed E-state index contributed by atoms with van der Waals surface area (Å²) in [5.74, 6) is 0.677. The monoisotopic (exact) mass is 216 g/mol. The van der Waals surface area contributed by atoms with Crippen LogP contribution >= 0.6 is 11.6 Å². The summed E-state index contributed by atoms with van der Waals surface area (Å²) in [6.07, 6.45) is 3.95. The van der Waals surface area contributed by atoms with E-state index < -0.39 is 0 Å². The number of hydrogen-bond acceptors (Lipinski definition) is 2. The number of likely N-dealkylation sites (tertiary alicyclic amines) is 1. The largest absolute Gasteiger partial charge is 0.338 e. The van der Waals surface area contributed by atoms with Crippen molar-refractivity contribution in [1.82, 2.24) is 10.2 Å². The average Bonchev–Trinajstić information content (AvgIpc) is 2.61. The molecule has 0 aromatic heterocycles. The molecule has 0 radical (unpaired) electrons. The Morgan fingerprint density at radius 1 is 1.50 bits per heavy atom. The lowest BCUT2D eigenvalue weighted by Crippen LogP contribution is -2.48. The lowest BCUT2D eigenvalue weighted by Gasteiger charge is -2.32. The number of hydrogen-bond donors (Lipinski definition) is 1. The van der Waals surface area contributed by atoms with E-state index in [1.807, 2.05) is 4.90 Å². The molecule has 2 rings (SSSR count). The van der Waals surface area contributed by atoms with Crippen LogP contribution in [0.3, 0.4) is 0 Å². The maximum Gasteiger partial charge on any atom is 0.224 e. The van der Waals surface area contributed by atoms with Crippen LogP contribution in [0.2, 0.25) is 0 Å². The van der Waals surface area contributed by atoms with Gasteiger partial charge in [0.25, 0.3) is 0 Å². The minimum atomic E-state index is 0.233. The number of nitrogens with zero attached hydrogens (tertiary/aromatic N) is 1. The number of piperidine rings is 1. The molecule has 0 saturated carbocycles. The van der Waals surface area contributed by atoms with Crippen LogP contribution in [-0.4, -0.2) is 41.9 Å². The van der Waals surface area contributed by atoms with E-state index in [9.17, 15) is 4.79 Å². The van der Waals surface area contributed by atoms with Gasteiger partial charge in [0, 0.05) is 30.9 Å². The quantitative estimate of drug-likeness (QED) is 0.698. The van der Waals surface area contributed by atoms with Crippen LogP contribution in [0.4, 0.5) is 0 Å². The highest BCUT2D eigenvalue weighted by atomic mass is 35.5. The highest BCUT2D eigenvalue weighted by molar-refractivity contribution is 6.18. The SMILES string of the molecule is O=C(CCCl)N1CCC2NCCCC21. The molecule has 2 saturated heterocycles. The van der Waals surface area contributed by atoms with E-state index in [4.69, 9.17) is 11.6 Å². The Hall–Kier alpha value is -0.280. The fourth-order valence-electron chi connectivity index (χ4n) is 2.58. The topological polar surface area (TPSA) is 32.3 Å². The van der Waals surface area contributed by atoms with Crippen LogP contribution in [0, 0.1) is 0 Å². The molecule has 3 nitrogen and oxygen atoms in total. The molecular weight excluding hydrogens is 200 g/mol. The van der Waals surface area contributed by atoms with E-state index in [0.29, 0.717) is 24.4 Å². The van der Waals surface area contributed by atoms with Crippen LogP contribution < -0.4 is 5.32 Å². The number of halogens is 1. The fraction of sp³-hybridized carbons (Fsp3) is 0.900. The first-order valence-corrected chi connectivity index (χ1v) is 5.95. The van der Waals surface area contributed by atoms with Crippen molar-refractivity contribution in [1.29, 1.82) is 0 Å². The molecule has 0 bridgehead atoms. The van der Waals surface area contributed by atoms with Gasteiger partial charge in [-0.15, -0.1) is 11.6 Å². The highest BCUT2D eigenvalue weighted by Gasteiger charge is 2.37. The fourth-order valence-corrected chi connectivity index (χ4v) is 2.74. The molecule has 4 heteroatoms. The van der Waals surface area contributed by atoms with Gasteiger partial charge in [0.2, 0.25) is 5.91 Å². The van der Waals surface area contributed by atoms with Crippen LogP contribution in [-0.2, 0) is 4.79 Å². The summed E-state index contributed by atoms with van der Waals surface area (Å²) in [6.45, 7) is 2.02. The summed E-state index contributed by atoms with van der Waals surface area (Å²) < 4.78 is 0. The second-order valence-corrected chi connectivity index (χ2v) is 4.46. The maximum atomic E-state index is 11.7. The summed E-state index contributed by atoms with van der Waals surface area (Å²) >= 11 is 5.59. The minimum absolute atomic E-state index is 0.233. The van der Waals surface area contributed by atoms with Crippen molar-refractivity contribution in [2.24, 2.45) is 0 Å². The first kappa shape index (κ1) is 10.2. The molecule has 0 aromatic carbocycles. The third-order valence-corrected chi connectivity index (χ3v) is 3.45. The van der Waals surface area contributed by atoms with Crippen LogP contribution in [0.1, 0.15) is 25.7 Å². The highest BCUT2D eigenvalue weighted by Crippen LogP contribution is 2.25. The summed E-state index contributed by atoms with van der Waals surface area (Å²) in [7, 11) is 0. The van der Waals surface area contributed by atoms with Gasteiger partial charge >= 0.3 is 0 Å². The van der Waals surface area contributed by atoms with Crippen molar-refractivity contribution in [2.75, 3.05) is 19.0 Å². The smallest absolute Gasteiger partial charge is 0.224 e. The predicted octanol–water partition coefficient (Wildman–Crippen LogP) is 0.968. The van der Waals surface area contributed by atoms with Gasteiger partial charge in [-0.05, 0) is 25.8 Å². The van der Waals surface area contributed by atoms with Gasteiger partial charge in [-0.1, -0.05) is 0 Å². The van der Waals surface area contributed by atoms with Crippen LogP contribution in [0.25, 0.3) is 0 Å². The molecule has 2 heterocycles. The van der Waals surface area contributed by atoms with Crippen molar-refractivity contribution in [3.63, 3.8) is 0 Å². The Labute approximate surface area is 89.8 Å². The second kappa shape index (κ2) is 4.49. The Morgan fingerprint density at radius 2 is 2.36 bits per heavy atom. The number of fused-ring (bicyclic) bond motifs is 1. The average molecular weight is 217 g/mol. The zero-order valence-corrected chi connectivity index (χ0v) is 9.09. The minimum Gasteiger partial charge on any atom is -0.338 e. The Bertz CT molecular complexity index is 222. The Balaban J connectivity index is 1.96. The molecule has 0 aromatic rings. The lowest BCUT2D eigenvalue weighted by atomic mass is 9.99. The molecule has 1 amide bonds. The van der Waals surface area contributed by atoms with Gasteiger partial charge in [-0.25, -0.2) is 0 Å². The van der Waals surface area contributed by atoms with Gasteiger partial charge in [-0.3, -0.25) is 4.79 Å². The van der Waals surface area contributed by atoms with Gasteiger partial charge in [0.05, 0.1) is 0 Å². The standard InChI is InChI=1S/C10H17ClN2O/c11-5-3-10(14)13-7-4-8-9(13)2-1-6-12-8/h8-9,12H,1-7H2. The third kappa shape index (κ3) is 1.89. The van der Waals surface area contributed by atoms with Gasteiger partial charge in [0.15, 0.2) is 0 Å². The summed E-state index contributed by atoms with van der Waals surface area (Å²) in [5, 5.41) is 3.48. The number of nitrogens with one attached hydrogen (secondary N) is 1. The molecule has 0 spiro atoms. The zero-order chi connectivity index (χ0) is 9.97. The molecule has 2 aliphatic rings. The van der Waals surface area contributed by atoms with E-state index >= 15 is 0 Å². The van der Waals surface area contributed by atoms with E-state index in [1.54, 1.807) is 0 Å². The van der Waals surface area contributed by atoms with Crippen LogP contribution in [0.15, 0.2) is 0 Å². The lowest BCUT2D eigenvalue weighted by molar-refractivity contribution is -0.132. The number of amides is 1. The summed E-state index contributed by atoms with van der Waals surface area (Å²) in [5.41, 5.74) is 0. The van der Waals surface area contributed by atoms with Crippen molar-refractivity contribution in [3.8, 4) is 0 Å². The molecule has 0 aliphatic carbocycles. The Kier molecular flexibility index (Phi) is 3.29. The van der Waals surface area contributed by atoms with E-state index in [-0.39, 0.29) is 5.91 Å².